The second kappa shape index (κ2) is 6.13. The Morgan fingerprint density at radius 1 is 1.14 bits per heavy atom. The zero-order chi connectivity index (χ0) is 15.4. The number of phenolic OH excluding ortho intramolecular Hbond substituents is 1. The second-order valence-electron chi connectivity index (χ2n) is 4.52. The highest BCUT2D eigenvalue weighted by molar-refractivity contribution is 5.96. The van der Waals surface area contributed by atoms with Gasteiger partial charge in [-0.2, -0.15) is 0 Å². The SMILES string of the molecule is CNC(=O)NC(=O)C(C)Oc1ccc2ccc(O)cc2c1. The van der Waals surface area contributed by atoms with E-state index in [0.29, 0.717) is 5.75 Å². The monoisotopic (exact) mass is 288 g/mol. The minimum Gasteiger partial charge on any atom is -0.508 e. The van der Waals surface area contributed by atoms with E-state index in [0.717, 1.165) is 10.8 Å². The molecule has 2 aromatic rings. The summed E-state index contributed by atoms with van der Waals surface area (Å²) in [5.41, 5.74) is 0. The molecule has 0 aliphatic carbocycles. The number of phenols is 1. The van der Waals surface area contributed by atoms with Crippen molar-refractivity contribution < 1.29 is 19.4 Å². The van der Waals surface area contributed by atoms with E-state index in [4.69, 9.17) is 4.74 Å². The molecule has 1 unspecified atom stereocenters. The molecular formula is C15H16N2O4. The second-order valence-corrected chi connectivity index (χ2v) is 4.52. The van der Waals surface area contributed by atoms with Gasteiger partial charge in [-0.3, -0.25) is 10.1 Å². The molecule has 0 aliphatic heterocycles. The predicted molar refractivity (Wildman–Crippen MR) is 78.3 cm³/mol. The van der Waals surface area contributed by atoms with Crippen LogP contribution < -0.4 is 15.4 Å². The highest BCUT2D eigenvalue weighted by atomic mass is 16.5. The first-order valence-corrected chi connectivity index (χ1v) is 6.41. The number of rotatable bonds is 3. The number of fused-ring (bicyclic) bond motifs is 1. The summed E-state index contributed by atoms with van der Waals surface area (Å²) in [5.74, 6) is 0.100. The van der Waals surface area contributed by atoms with Crippen molar-refractivity contribution in [1.29, 1.82) is 0 Å². The van der Waals surface area contributed by atoms with Gasteiger partial charge in [-0.05, 0) is 42.0 Å². The fraction of sp³-hybridized carbons (Fsp3) is 0.200. The Kier molecular flexibility index (Phi) is 4.27. The minimum atomic E-state index is -0.822. The van der Waals surface area contributed by atoms with Crippen molar-refractivity contribution in [2.45, 2.75) is 13.0 Å². The Balaban J connectivity index is 2.12. The third kappa shape index (κ3) is 3.62. The number of hydrogen-bond donors (Lipinski definition) is 3. The average molecular weight is 288 g/mol. The van der Waals surface area contributed by atoms with E-state index in [1.807, 2.05) is 6.07 Å². The Hall–Kier alpha value is -2.76. The molecule has 3 N–H and O–H groups in total. The fourth-order valence-electron chi connectivity index (χ4n) is 1.82. The van der Waals surface area contributed by atoms with E-state index in [9.17, 15) is 14.7 Å². The fourth-order valence-corrected chi connectivity index (χ4v) is 1.82. The molecule has 2 rings (SSSR count). The standard InChI is InChI=1S/C15H16N2O4/c1-9(14(19)17-15(20)16-2)21-13-6-4-10-3-5-12(18)7-11(10)8-13/h3-9,18H,1-2H3,(H2,16,17,19,20). The lowest BCUT2D eigenvalue weighted by atomic mass is 10.1. The van der Waals surface area contributed by atoms with Crippen LogP contribution in [0.15, 0.2) is 36.4 Å². The van der Waals surface area contributed by atoms with Crippen LogP contribution in [0.25, 0.3) is 10.8 Å². The molecular weight excluding hydrogens is 272 g/mol. The van der Waals surface area contributed by atoms with Gasteiger partial charge >= 0.3 is 6.03 Å². The first-order valence-electron chi connectivity index (χ1n) is 6.41. The van der Waals surface area contributed by atoms with Gasteiger partial charge in [0.25, 0.3) is 5.91 Å². The number of benzene rings is 2. The van der Waals surface area contributed by atoms with Crippen LogP contribution in [0.5, 0.6) is 11.5 Å². The zero-order valence-corrected chi connectivity index (χ0v) is 11.7. The maximum Gasteiger partial charge on any atom is 0.321 e. The number of aromatic hydroxyl groups is 1. The first-order chi connectivity index (χ1) is 9.99. The topological polar surface area (TPSA) is 87.7 Å². The van der Waals surface area contributed by atoms with Gasteiger partial charge in [0, 0.05) is 7.05 Å². The van der Waals surface area contributed by atoms with Crippen molar-refractivity contribution in [3.8, 4) is 11.5 Å². The normalized spacial score (nSPS) is 11.7. The van der Waals surface area contributed by atoms with Crippen molar-refractivity contribution in [1.82, 2.24) is 10.6 Å². The van der Waals surface area contributed by atoms with Crippen molar-refractivity contribution in [2.75, 3.05) is 7.05 Å². The molecule has 2 aromatic carbocycles. The number of urea groups is 1. The van der Waals surface area contributed by atoms with E-state index < -0.39 is 18.0 Å². The lowest BCUT2D eigenvalue weighted by Crippen LogP contribution is -2.43. The van der Waals surface area contributed by atoms with Crippen LogP contribution in [0.4, 0.5) is 4.79 Å². The lowest BCUT2D eigenvalue weighted by molar-refractivity contribution is -0.126. The molecule has 0 saturated heterocycles. The van der Waals surface area contributed by atoms with Gasteiger partial charge in [-0.25, -0.2) is 4.79 Å². The van der Waals surface area contributed by atoms with E-state index >= 15 is 0 Å². The van der Waals surface area contributed by atoms with Gasteiger partial charge in [0.1, 0.15) is 11.5 Å². The summed E-state index contributed by atoms with van der Waals surface area (Å²) < 4.78 is 5.50. The molecule has 0 radical (unpaired) electrons. The molecule has 6 nitrogen and oxygen atoms in total. The molecule has 0 fully saturated rings. The largest absolute Gasteiger partial charge is 0.508 e. The minimum absolute atomic E-state index is 0.157. The molecule has 0 aliphatic rings. The number of carbonyl (C=O) groups excluding carboxylic acids is 2. The quantitative estimate of drug-likeness (QED) is 0.803. The summed E-state index contributed by atoms with van der Waals surface area (Å²) in [5, 5.41) is 15.6. The maximum atomic E-state index is 11.7. The summed E-state index contributed by atoms with van der Waals surface area (Å²) in [6.07, 6.45) is -0.822. The van der Waals surface area contributed by atoms with Crippen molar-refractivity contribution in [2.24, 2.45) is 0 Å². The zero-order valence-electron chi connectivity index (χ0n) is 11.7. The Morgan fingerprint density at radius 2 is 1.86 bits per heavy atom. The van der Waals surface area contributed by atoms with Crippen LogP contribution >= 0.6 is 0 Å². The average Bonchev–Trinajstić information content (AvgIpc) is 2.46. The summed E-state index contributed by atoms with van der Waals surface area (Å²) in [7, 11) is 1.42. The number of carbonyl (C=O) groups is 2. The van der Waals surface area contributed by atoms with Gasteiger partial charge in [0.05, 0.1) is 0 Å². The van der Waals surface area contributed by atoms with Crippen LogP contribution in [0.2, 0.25) is 0 Å². The molecule has 110 valence electrons. The van der Waals surface area contributed by atoms with Gasteiger partial charge in [-0.15, -0.1) is 0 Å². The summed E-state index contributed by atoms with van der Waals surface area (Å²) >= 11 is 0. The number of hydrogen-bond acceptors (Lipinski definition) is 4. The summed E-state index contributed by atoms with van der Waals surface area (Å²) in [6.45, 7) is 1.55. The number of nitrogens with one attached hydrogen (secondary N) is 2. The number of imide groups is 1. The molecule has 0 saturated carbocycles. The van der Waals surface area contributed by atoms with Crippen LogP contribution in [0, 0.1) is 0 Å². The molecule has 0 spiro atoms. The third-order valence-electron chi connectivity index (χ3n) is 2.94. The third-order valence-corrected chi connectivity index (χ3v) is 2.94. The van der Waals surface area contributed by atoms with Gasteiger partial charge in [0.15, 0.2) is 6.10 Å². The van der Waals surface area contributed by atoms with Crippen molar-refractivity contribution >= 4 is 22.7 Å². The van der Waals surface area contributed by atoms with Crippen molar-refractivity contribution in [3.05, 3.63) is 36.4 Å². The maximum absolute atomic E-state index is 11.7. The van der Waals surface area contributed by atoms with E-state index in [1.165, 1.54) is 7.05 Å². The van der Waals surface area contributed by atoms with Crippen LogP contribution in [0.1, 0.15) is 6.92 Å². The highest BCUT2D eigenvalue weighted by Gasteiger charge is 2.16. The van der Waals surface area contributed by atoms with Gasteiger partial charge in [-0.1, -0.05) is 12.1 Å². The predicted octanol–water partition coefficient (Wildman–Crippen LogP) is 1.77. The molecule has 6 heteroatoms. The summed E-state index contributed by atoms with van der Waals surface area (Å²) in [4.78, 5) is 22.8. The molecule has 0 aromatic heterocycles. The van der Waals surface area contributed by atoms with E-state index in [2.05, 4.69) is 10.6 Å². The summed E-state index contributed by atoms with van der Waals surface area (Å²) in [6, 6.07) is 9.68. The van der Waals surface area contributed by atoms with Gasteiger partial charge < -0.3 is 15.2 Å². The molecule has 21 heavy (non-hydrogen) atoms. The number of ether oxygens (including phenoxy) is 1. The first kappa shape index (κ1) is 14.6. The van der Waals surface area contributed by atoms with Crippen LogP contribution in [-0.4, -0.2) is 30.2 Å². The van der Waals surface area contributed by atoms with E-state index in [1.54, 1.807) is 37.3 Å². The van der Waals surface area contributed by atoms with Crippen molar-refractivity contribution in [3.63, 3.8) is 0 Å². The molecule has 0 bridgehead atoms. The Bertz CT molecular complexity index is 684. The Labute approximate surface area is 121 Å². The van der Waals surface area contributed by atoms with Gasteiger partial charge in [0.2, 0.25) is 0 Å². The molecule has 1 atom stereocenters. The number of amides is 3. The highest BCUT2D eigenvalue weighted by Crippen LogP contribution is 2.24. The molecule has 3 amide bonds. The lowest BCUT2D eigenvalue weighted by Gasteiger charge is -2.14. The Morgan fingerprint density at radius 3 is 2.57 bits per heavy atom. The molecule has 0 heterocycles. The van der Waals surface area contributed by atoms with Crippen LogP contribution in [-0.2, 0) is 4.79 Å². The smallest absolute Gasteiger partial charge is 0.321 e. The van der Waals surface area contributed by atoms with Crippen LogP contribution in [0.3, 0.4) is 0 Å². The van der Waals surface area contributed by atoms with E-state index in [-0.39, 0.29) is 5.75 Å².